The fraction of sp³-hybridized carbons (Fsp3) is 0.560. The summed E-state index contributed by atoms with van der Waals surface area (Å²) in [5.74, 6) is 2.68. The Balaban J connectivity index is 1.28. The Hall–Kier alpha value is -3.16. The Labute approximate surface area is 223 Å². The zero-order chi connectivity index (χ0) is 26.7. The Morgan fingerprint density at radius 1 is 1.00 bits per heavy atom. The van der Waals surface area contributed by atoms with Crippen molar-refractivity contribution in [2.75, 3.05) is 72.9 Å². The number of sulfone groups is 1. The summed E-state index contributed by atoms with van der Waals surface area (Å²) in [5.41, 5.74) is 1.35. The highest BCUT2D eigenvalue weighted by molar-refractivity contribution is 7.90. The van der Waals surface area contributed by atoms with Crippen molar-refractivity contribution < 1.29 is 13.5 Å². The predicted molar refractivity (Wildman–Crippen MR) is 148 cm³/mol. The van der Waals surface area contributed by atoms with Gasteiger partial charge in [0, 0.05) is 63.7 Å². The van der Waals surface area contributed by atoms with Crippen molar-refractivity contribution >= 4 is 44.1 Å². The van der Waals surface area contributed by atoms with Crippen LogP contribution in [-0.2, 0) is 9.84 Å². The van der Waals surface area contributed by atoms with Crippen LogP contribution in [-0.4, -0.2) is 101 Å². The second kappa shape index (κ2) is 11.3. The third-order valence-corrected chi connectivity index (χ3v) is 7.94. The van der Waals surface area contributed by atoms with E-state index in [0.29, 0.717) is 24.0 Å². The molecule has 0 spiro atoms. The highest BCUT2D eigenvalue weighted by Crippen LogP contribution is 2.29. The molecule has 2 aliphatic rings. The molecule has 0 amide bonds. The largest absolute Gasteiger partial charge is 0.387 e. The number of nitrogens with zero attached hydrogens (tertiary/aromatic N) is 8. The molecule has 12 nitrogen and oxygen atoms in total. The van der Waals surface area contributed by atoms with Crippen molar-refractivity contribution in [1.82, 2.24) is 30.0 Å². The lowest BCUT2D eigenvalue weighted by Crippen LogP contribution is -2.47. The van der Waals surface area contributed by atoms with Gasteiger partial charge in [-0.05, 0) is 44.4 Å². The van der Waals surface area contributed by atoms with Gasteiger partial charge in [0.25, 0.3) is 0 Å². The maximum absolute atomic E-state index is 11.4. The van der Waals surface area contributed by atoms with Crippen LogP contribution in [0.15, 0.2) is 24.4 Å². The molecule has 13 heteroatoms. The maximum atomic E-state index is 11.4. The molecule has 2 saturated heterocycles. The quantitative estimate of drug-likeness (QED) is 0.429. The van der Waals surface area contributed by atoms with Crippen molar-refractivity contribution in [3.63, 3.8) is 0 Å². The topological polar surface area (TPSA) is 141 Å². The van der Waals surface area contributed by atoms with Gasteiger partial charge in [0.15, 0.2) is 17.5 Å². The van der Waals surface area contributed by atoms with E-state index >= 15 is 0 Å². The molecule has 5 heterocycles. The molecule has 2 aliphatic heterocycles. The molecule has 204 valence electrons. The summed E-state index contributed by atoms with van der Waals surface area (Å²) in [6.45, 7) is 7.20. The number of aromatic nitrogens is 5. The van der Waals surface area contributed by atoms with E-state index in [9.17, 15) is 13.5 Å². The number of fused-ring (bicyclic) bond motifs is 1. The van der Waals surface area contributed by atoms with Gasteiger partial charge in [-0.3, -0.25) is 4.90 Å². The van der Waals surface area contributed by atoms with Gasteiger partial charge >= 0.3 is 0 Å². The fourth-order valence-electron chi connectivity index (χ4n) is 4.81. The normalized spacial score (nSPS) is 18.1. The first kappa shape index (κ1) is 26.4. The molecule has 0 aliphatic carbocycles. The Morgan fingerprint density at radius 2 is 1.76 bits per heavy atom. The van der Waals surface area contributed by atoms with Gasteiger partial charge in [0.1, 0.15) is 15.4 Å². The third kappa shape index (κ3) is 6.45. The van der Waals surface area contributed by atoms with Crippen LogP contribution in [0.4, 0.5) is 23.4 Å². The van der Waals surface area contributed by atoms with E-state index in [4.69, 9.17) is 9.97 Å². The second-order valence-corrected chi connectivity index (χ2v) is 12.3. The van der Waals surface area contributed by atoms with Crippen LogP contribution < -0.4 is 15.1 Å². The summed E-state index contributed by atoms with van der Waals surface area (Å²) in [7, 11) is -2.96. The first-order chi connectivity index (χ1) is 18.2. The highest BCUT2D eigenvalue weighted by Gasteiger charge is 2.21. The van der Waals surface area contributed by atoms with Gasteiger partial charge in [-0.25, -0.2) is 23.4 Å². The lowest BCUT2D eigenvalue weighted by Gasteiger charge is -2.35. The molecule has 38 heavy (non-hydrogen) atoms. The molecular weight excluding hydrogens is 506 g/mol. The number of aliphatic hydroxyl groups excluding tert-OH is 1. The van der Waals surface area contributed by atoms with Gasteiger partial charge in [0.2, 0.25) is 5.95 Å². The molecule has 2 fully saturated rings. The number of nitrogens with one attached hydrogen (secondary N) is 1. The van der Waals surface area contributed by atoms with E-state index in [-0.39, 0.29) is 5.75 Å². The molecule has 0 radical (unpaired) electrons. The van der Waals surface area contributed by atoms with Crippen LogP contribution in [0.3, 0.4) is 0 Å². The Kier molecular flexibility index (Phi) is 7.86. The molecule has 0 unspecified atom stereocenters. The van der Waals surface area contributed by atoms with Crippen molar-refractivity contribution in [3.05, 3.63) is 30.1 Å². The van der Waals surface area contributed by atoms with Crippen LogP contribution in [0, 0.1) is 0 Å². The summed E-state index contributed by atoms with van der Waals surface area (Å²) in [4.78, 5) is 20.5. The van der Waals surface area contributed by atoms with E-state index in [0.717, 1.165) is 74.6 Å². The summed E-state index contributed by atoms with van der Waals surface area (Å²) in [5, 5.41) is 22.9. The van der Waals surface area contributed by atoms with Crippen LogP contribution in [0.5, 0.6) is 0 Å². The number of rotatable bonds is 8. The second-order valence-electron chi connectivity index (χ2n) is 10.1. The van der Waals surface area contributed by atoms with E-state index in [1.807, 2.05) is 18.2 Å². The zero-order valence-electron chi connectivity index (χ0n) is 21.9. The van der Waals surface area contributed by atoms with Crippen molar-refractivity contribution in [1.29, 1.82) is 0 Å². The molecule has 0 saturated carbocycles. The monoisotopic (exact) mass is 541 g/mol. The molecular formula is C25H35N9O3S. The Bertz CT molecular complexity index is 1350. The summed E-state index contributed by atoms with van der Waals surface area (Å²) in [6, 6.07) is 5.61. The first-order valence-corrected chi connectivity index (χ1v) is 15.2. The Morgan fingerprint density at radius 3 is 2.42 bits per heavy atom. The SMILES string of the molecule is C[C@@H](O)c1cc2cnc(Nc3ccc(N4CCN(CCS(C)(=O)=O)CC4)nn3)nc2c(N2CCCCC2)n1. The first-order valence-electron chi connectivity index (χ1n) is 13.1. The number of pyridine rings is 1. The van der Waals surface area contributed by atoms with Crippen LogP contribution in [0.1, 0.15) is 38.0 Å². The molecule has 5 rings (SSSR count). The highest BCUT2D eigenvalue weighted by atomic mass is 32.2. The molecule has 0 aromatic carbocycles. The number of piperidine rings is 1. The van der Waals surface area contributed by atoms with Crippen molar-refractivity contribution in [2.45, 2.75) is 32.3 Å². The fourth-order valence-corrected chi connectivity index (χ4v) is 5.40. The van der Waals surface area contributed by atoms with Gasteiger partial charge in [0.05, 0.1) is 17.6 Å². The standard InChI is InChI=1S/C25H35N9O3S/c1-18(35)20-16-19-17-26-25(29-23(19)24(27-20)34-8-4-3-5-9-34)28-21-6-7-22(31-30-21)33-12-10-32(11-13-33)14-15-38(2,36)37/h6-7,16-18,35H,3-5,8-15H2,1-2H3,(H,26,28,29,30)/t18-/m1/s1. The number of hydrogen-bond donors (Lipinski definition) is 2. The summed E-state index contributed by atoms with van der Waals surface area (Å²) < 4.78 is 22.9. The molecule has 0 bridgehead atoms. The average Bonchev–Trinajstić information content (AvgIpc) is 2.92. The zero-order valence-corrected chi connectivity index (χ0v) is 22.7. The third-order valence-electron chi connectivity index (χ3n) is 7.02. The number of anilines is 4. The maximum Gasteiger partial charge on any atom is 0.229 e. The van der Waals surface area contributed by atoms with E-state index in [1.165, 1.54) is 12.7 Å². The summed E-state index contributed by atoms with van der Waals surface area (Å²) >= 11 is 0. The van der Waals surface area contributed by atoms with Gasteiger partial charge < -0.3 is 20.2 Å². The number of piperazine rings is 1. The van der Waals surface area contributed by atoms with Crippen molar-refractivity contribution in [3.8, 4) is 0 Å². The van der Waals surface area contributed by atoms with Gasteiger partial charge in [-0.2, -0.15) is 0 Å². The van der Waals surface area contributed by atoms with E-state index in [2.05, 4.69) is 35.2 Å². The van der Waals surface area contributed by atoms with Gasteiger partial charge in [-0.1, -0.05) is 0 Å². The lowest BCUT2D eigenvalue weighted by atomic mass is 10.1. The number of aliphatic hydroxyl groups is 1. The summed E-state index contributed by atoms with van der Waals surface area (Å²) in [6.07, 6.45) is 5.77. The molecule has 3 aromatic rings. The molecule has 3 aromatic heterocycles. The minimum Gasteiger partial charge on any atom is -0.387 e. The predicted octanol–water partition coefficient (Wildman–Crippen LogP) is 1.77. The van der Waals surface area contributed by atoms with E-state index < -0.39 is 15.9 Å². The van der Waals surface area contributed by atoms with Crippen LogP contribution in [0.25, 0.3) is 10.9 Å². The van der Waals surface area contributed by atoms with Crippen molar-refractivity contribution in [2.24, 2.45) is 0 Å². The van der Waals surface area contributed by atoms with E-state index in [1.54, 1.807) is 13.1 Å². The van der Waals surface area contributed by atoms with Gasteiger partial charge in [-0.15, -0.1) is 10.2 Å². The smallest absolute Gasteiger partial charge is 0.229 e. The number of hydrogen-bond acceptors (Lipinski definition) is 12. The molecule has 2 N–H and O–H groups in total. The van der Waals surface area contributed by atoms with Crippen LogP contribution >= 0.6 is 0 Å². The minimum absolute atomic E-state index is 0.182. The average molecular weight is 542 g/mol. The lowest BCUT2D eigenvalue weighted by molar-refractivity contribution is 0.194. The molecule has 1 atom stereocenters. The minimum atomic E-state index is -2.96. The van der Waals surface area contributed by atoms with Crippen LogP contribution in [0.2, 0.25) is 0 Å².